The summed E-state index contributed by atoms with van der Waals surface area (Å²) in [6, 6.07) is 6.63. The molecule has 0 bridgehead atoms. The van der Waals surface area contributed by atoms with E-state index in [0.717, 1.165) is 30.3 Å². The van der Waals surface area contributed by atoms with Gasteiger partial charge >= 0.3 is 6.03 Å². The minimum atomic E-state index is -1.14. The number of hydrogen-bond acceptors (Lipinski definition) is 4. The van der Waals surface area contributed by atoms with E-state index in [9.17, 15) is 14.4 Å². The zero-order valence-electron chi connectivity index (χ0n) is 17.9. The van der Waals surface area contributed by atoms with Gasteiger partial charge in [0.15, 0.2) is 0 Å². The molecule has 1 saturated carbocycles. The first kappa shape index (κ1) is 20.7. The smallest absolute Gasteiger partial charge is 0.325 e. The van der Waals surface area contributed by atoms with Crippen molar-refractivity contribution in [3.05, 3.63) is 29.8 Å². The molecule has 3 aliphatic rings. The molecule has 3 atom stereocenters. The number of fused-ring (bicyclic) bond motifs is 1. The number of nitrogens with one attached hydrogen (secondary N) is 1. The van der Waals surface area contributed by atoms with E-state index < -0.39 is 11.6 Å². The number of nitrogens with zero attached hydrogens (tertiary/aromatic N) is 2. The Kier molecular flexibility index (Phi) is 5.71. The van der Waals surface area contributed by atoms with Crippen molar-refractivity contribution in [1.29, 1.82) is 0 Å². The Bertz CT molecular complexity index is 824. The van der Waals surface area contributed by atoms with Crippen molar-refractivity contribution in [3.63, 3.8) is 0 Å². The maximum atomic E-state index is 13.3. The number of piperidine rings is 1. The van der Waals surface area contributed by atoms with Crippen LogP contribution in [0.4, 0.5) is 4.79 Å². The zero-order chi connectivity index (χ0) is 21.3. The van der Waals surface area contributed by atoms with E-state index >= 15 is 0 Å². The summed E-state index contributed by atoms with van der Waals surface area (Å²) in [5, 5.41) is 2.85. The lowest BCUT2D eigenvalue weighted by atomic mass is 9.75. The predicted octanol–water partition coefficient (Wildman–Crippen LogP) is 2.89. The fraction of sp³-hybridized carbons (Fsp3) is 0.609. The molecular weight excluding hydrogens is 382 g/mol. The molecule has 2 saturated heterocycles. The van der Waals surface area contributed by atoms with E-state index in [1.54, 1.807) is 31.4 Å². The Morgan fingerprint density at radius 2 is 1.83 bits per heavy atom. The van der Waals surface area contributed by atoms with Gasteiger partial charge in [0.05, 0.1) is 7.11 Å². The Hall–Kier alpha value is -2.57. The maximum absolute atomic E-state index is 13.3. The Balaban J connectivity index is 1.47. The highest BCUT2D eigenvalue weighted by atomic mass is 16.5. The molecule has 7 nitrogen and oxygen atoms in total. The van der Waals surface area contributed by atoms with E-state index in [0.29, 0.717) is 23.7 Å². The summed E-state index contributed by atoms with van der Waals surface area (Å²) in [6.07, 6.45) is 6.40. The molecule has 0 radical (unpaired) electrons. The predicted molar refractivity (Wildman–Crippen MR) is 112 cm³/mol. The molecule has 0 aromatic heterocycles. The van der Waals surface area contributed by atoms with Crippen molar-refractivity contribution >= 4 is 17.8 Å². The number of methoxy groups -OCH3 is 1. The van der Waals surface area contributed by atoms with Gasteiger partial charge in [0.25, 0.3) is 5.91 Å². The van der Waals surface area contributed by atoms with Crippen LogP contribution in [-0.4, -0.2) is 54.4 Å². The largest absolute Gasteiger partial charge is 0.497 e. The number of benzene rings is 1. The number of amides is 4. The first-order chi connectivity index (χ1) is 14.5. The highest BCUT2D eigenvalue weighted by molar-refractivity contribution is 6.09. The minimum Gasteiger partial charge on any atom is -0.497 e. The molecule has 7 heteroatoms. The first-order valence-electron chi connectivity index (χ1n) is 11.0. The van der Waals surface area contributed by atoms with Gasteiger partial charge in [0.1, 0.15) is 17.8 Å². The second kappa shape index (κ2) is 8.28. The van der Waals surface area contributed by atoms with Gasteiger partial charge in [-0.15, -0.1) is 0 Å². The maximum Gasteiger partial charge on any atom is 0.325 e. The van der Waals surface area contributed by atoms with E-state index in [4.69, 9.17) is 4.74 Å². The summed E-state index contributed by atoms with van der Waals surface area (Å²) in [7, 11) is 1.58. The van der Waals surface area contributed by atoms with Crippen molar-refractivity contribution < 1.29 is 19.1 Å². The van der Waals surface area contributed by atoms with Crippen LogP contribution in [0, 0.1) is 11.8 Å². The summed E-state index contributed by atoms with van der Waals surface area (Å²) in [6.45, 7) is 3.15. The number of ether oxygens (including phenoxy) is 1. The van der Waals surface area contributed by atoms with Crippen molar-refractivity contribution in [2.45, 2.75) is 51.0 Å². The number of carbonyl (C=O) groups excluding carboxylic acids is 3. The van der Waals surface area contributed by atoms with E-state index in [1.807, 2.05) is 11.8 Å². The lowest BCUT2D eigenvalue weighted by molar-refractivity contribution is -0.141. The molecule has 3 fully saturated rings. The van der Waals surface area contributed by atoms with Gasteiger partial charge in [-0.2, -0.15) is 0 Å². The minimum absolute atomic E-state index is 0.135. The van der Waals surface area contributed by atoms with Gasteiger partial charge < -0.3 is 15.0 Å². The number of imide groups is 1. The molecular formula is C23H31N3O4. The van der Waals surface area contributed by atoms with Gasteiger partial charge in [-0.3, -0.25) is 14.5 Å². The summed E-state index contributed by atoms with van der Waals surface area (Å²) in [5.74, 6) is 1.47. The highest BCUT2D eigenvalue weighted by Crippen LogP contribution is 2.37. The van der Waals surface area contributed by atoms with E-state index in [1.165, 1.54) is 25.7 Å². The molecule has 1 aliphatic carbocycles. The normalized spacial score (nSPS) is 28.9. The topological polar surface area (TPSA) is 79.0 Å². The molecule has 4 rings (SSSR count). The van der Waals surface area contributed by atoms with Gasteiger partial charge in [0, 0.05) is 13.1 Å². The van der Waals surface area contributed by atoms with Crippen LogP contribution in [0.5, 0.6) is 5.75 Å². The molecule has 1 N–H and O–H groups in total. The van der Waals surface area contributed by atoms with Crippen LogP contribution in [0.2, 0.25) is 0 Å². The number of carbonyl (C=O) groups is 3. The average Bonchev–Trinajstić information content (AvgIpc) is 3.03. The third kappa shape index (κ3) is 3.55. The summed E-state index contributed by atoms with van der Waals surface area (Å²) in [4.78, 5) is 41.9. The molecule has 4 amide bonds. The van der Waals surface area contributed by atoms with Crippen LogP contribution in [-0.2, 0) is 15.1 Å². The molecule has 1 aromatic rings. The number of hydrogen-bond donors (Lipinski definition) is 1. The Morgan fingerprint density at radius 1 is 1.13 bits per heavy atom. The van der Waals surface area contributed by atoms with Crippen molar-refractivity contribution in [3.8, 4) is 5.75 Å². The molecule has 30 heavy (non-hydrogen) atoms. The van der Waals surface area contributed by atoms with Crippen LogP contribution in [0.1, 0.15) is 51.0 Å². The zero-order valence-corrected chi connectivity index (χ0v) is 17.9. The number of urea groups is 1. The monoisotopic (exact) mass is 413 g/mol. The lowest BCUT2D eigenvalue weighted by Gasteiger charge is -2.41. The molecule has 0 unspecified atom stereocenters. The Morgan fingerprint density at radius 3 is 2.50 bits per heavy atom. The van der Waals surface area contributed by atoms with Crippen molar-refractivity contribution in [1.82, 2.24) is 15.1 Å². The fourth-order valence-electron chi connectivity index (χ4n) is 5.35. The fourth-order valence-corrected chi connectivity index (χ4v) is 5.35. The van der Waals surface area contributed by atoms with Gasteiger partial charge in [-0.1, -0.05) is 38.3 Å². The third-order valence-electron chi connectivity index (χ3n) is 7.23. The van der Waals surface area contributed by atoms with Crippen LogP contribution < -0.4 is 10.1 Å². The average molecular weight is 414 g/mol. The molecule has 162 valence electrons. The van der Waals surface area contributed by atoms with Crippen LogP contribution in [0.15, 0.2) is 24.3 Å². The summed E-state index contributed by atoms with van der Waals surface area (Å²) < 4.78 is 5.19. The summed E-state index contributed by atoms with van der Waals surface area (Å²) in [5.41, 5.74) is -0.442. The van der Waals surface area contributed by atoms with E-state index in [2.05, 4.69) is 5.32 Å². The highest BCUT2D eigenvalue weighted by Gasteiger charge is 2.52. The number of rotatable bonds is 5. The second-order valence-electron chi connectivity index (χ2n) is 8.74. The molecule has 2 heterocycles. The van der Waals surface area contributed by atoms with Crippen molar-refractivity contribution in [2.24, 2.45) is 11.8 Å². The first-order valence-corrected chi connectivity index (χ1v) is 11.0. The number of likely N-dealkylation sites (tertiary alicyclic amines) is 1. The third-order valence-corrected chi connectivity index (χ3v) is 7.23. The van der Waals surface area contributed by atoms with Crippen LogP contribution in [0.3, 0.4) is 0 Å². The lowest BCUT2D eigenvalue weighted by Crippen LogP contribution is -2.49. The Labute approximate surface area is 177 Å². The molecule has 1 aromatic carbocycles. The molecule has 2 aliphatic heterocycles. The standard InChI is InChI=1S/C23H31N3O4/c1-3-23(18-8-10-19(30-2)11-9-18)21(28)26(22(29)24-23)15-20(27)25-13-12-16-6-4-5-7-17(16)14-25/h8-11,16-17H,3-7,12-15H2,1-2H3,(H,24,29)/t16-,17-,23-/m1/s1. The van der Waals surface area contributed by atoms with Gasteiger partial charge in [0.2, 0.25) is 5.91 Å². The van der Waals surface area contributed by atoms with Gasteiger partial charge in [-0.05, 0) is 48.8 Å². The molecule has 0 spiro atoms. The van der Waals surface area contributed by atoms with E-state index in [-0.39, 0.29) is 18.4 Å². The second-order valence-corrected chi connectivity index (χ2v) is 8.74. The quantitative estimate of drug-likeness (QED) is 0.753. The van der Waals surface area contributed by atoms with Crippen LogP contribution >= 0.6 is 0 Å². The SMILES string of the molecule is CC[C@]1(c2ccc(OC)cc2)NC(=O)N(CC(=O)N2CC[C@H]3CCCC[C@@H]3C2)C1=O. The van der Waals surface area contributed by atoms with Crippen molar-refractivity contribution in [2.75, 3.05) is 26.7 Å². The summed E-state index contributed by atoms with van der Waals surface area (Å²) >= 11 is 0. The van der Waals surface area contributed by atoms with Gasteiger partial charge in [-0.25, -0.2) is 4.79 Å². The van der Waals surface area contributed by atoms with Crippen LogP contribution in [0.25, 0.3) is 0 Å².